The van der Waals surface area contributed by atoms with Gasteiger partial charge in [0.15, 0.2) is 0 Å². The predicted octanol–water partition coefficient (Wildman–Crippen LogP) is 0.464. The Morgan fingerprint density at radius 2 is 2.11 bits per heavy atom. The topological polar surface area (TPSA) is 67.6 Å². The molecule has 1 amide bonds. The van der Waals surface area contributed by atoms with Crippen LogP contribution in [0.25, 0.3) is 0 Å². The Kier molecular flexibility index (Phi) is 2.93. The summed E-state index contributed by atoms with van der Waals surface area (Å²) in [7, 11) is 0. The molecule has 1 fully saturated rings. The number of morpholine rings is 1. The molecule has 0 aromatic heterocycles. The third-order valence-electron chi connectivity index (χ3n) is 3.63. The molecule has 18 heavy (non-hydrogen) atoms. The minimum atomic E-state index is -0.0943. The van der Waals surface area contributed by atoms with E-state index in [1.54, 1.807) is 0 Å². The zero-order valence-electron chi connectivity index (χ0n) is 10.2. The van der Waals surface area contributed by atoms with Crippen molar-refractivity contribution in [3.8, 4) is 0 Å². The Balaban J connectivity index is 1.85. The van der Waals surface area contributed by atoms with Gasteiger partial charge in [-0.15, -0.1) is 0 Å². The number of nitrogens with one attached hydrogen (secondary N) is 1. The number of hydrogen-bond acceptors (Lipinski definition) is 4. The van der Waals surface area contributed by atoms with Crippen LogP contribution in [0.5, 0.6) is 0 Å². The van der Waals surface area contributed by atoms with Gasteiger partial charge < -0.3 is 15.8 Å². The van der Waals surface area contributed by atoms with E-state index in [1.807, 2.05) is 18.2 Å². The van der Waals surface area contributed by atoms with Crippen molar-refractivity contribution >= 4 is 17.3 Å². The zero-order chi connectivity index (χ0) is 12.5. The highest BCUT2D eigenvalue weighted by Crippen LogP contribution is 2.30. The summed E-state index contributed by atoms with van der Waals surface area (Å²) in [5.74, 6) is 0.0438. The molecule has 2 heterocycles. The standard InChI is InChI=1S/C13H17N3O2/c14-10-3-1-2-9-8-11(13(17)15-12(9)10)16-4-6-18-7-5-16/h1-3,11H,4-8,14H2,(H,15,17). The molecule has 3 rings (SSSR count). The Bertz CT molecular complexity index is 469. The molecule has 5 nitrogen and oxygen atoms in total. The first-order chi connectivity index (χ1) is 8.75. The van der Waals surface area contributed by atoms with Crippen LogP contribution in [0.1, 0.15) is 5.56 Å². The number of hydrogen-bond donors (Lipinski definition) is 2. The van der Waals surface area contributed by atoms with Gasteiger partial charge in [0.25, 0.3) is 0 Å². The number of nitrogens with two attached hydrogens (primary N) is 1. The molecule has 0 bridgehead atoms. The molecule has 2 aliphatic rings. The van der Waals surface area contributed by atoms with Gasteiger partial charge in [-0.3, -0.25) is 9.69 Å². The first-order valence-corrected chi connectivity index (χ1v) is 6.26. The number of anilines is 2. The van der Waals surface area contributed by atoms with Crippen molar-refractivity contribution in [1.29, 1.82) is 0 Å². The fourth-order valence-electron chi connectivity index (χ4n) is 2.63. The zero-order valence-corrected chi connectivity index (χ0v) is 10.2. The van der Waals surface area contributed by atoms with Crippen LogP contribution >= 0.6 is 0 Å². The molecule has 0 radical (unpaired) electrons. The number of fused-ring (bicyclic) bond motifs is 1. The van der Waals surface area contributed by atoms with Crippen LogP contribution in [0.15, 0.2) is 18.2 Å². The minimum Gasteiger partial charge on any atom is -0.397 e. The van der Waals surface area contributed by atoms with E-state index >= 15 is 0 Å². The molecule has 2 aliphatic heterocycles. The molecular weight excluding hydrogens is 230 g/mol. The summed E-state index contributed by atoms with van der Waals surface area (Å²) in [4.78, 5) is 14.3. The summed E-state index contributed by atoms with van der Waals surface area (Å²) >= 11 is 0. The van der Waals surface area contributed by atoms with Crippen molar-refractivity contribution in [3.05, 3.63) is 23.8 Å². The third kappa shape index (κ3) is 1.95. The Morgan fingerprint density at radius 1 is 1.33 bits per heavy atom. The van der Waals surface area contributed by atoms with Crippen molar-refractivity contribution in [2.75, 3.05) is 37.4 Å². The summed E-state index contributed by atoms with van der Waals surface area (Å²) in [5.41, 5.74) is 8.42. The van der Waals surface area contributed by atoms with Gasteiger partial charge >= 0.3 is 0 Å². The maximum absolute atomic E-state index is 12.2. The molecule has 1 atom stereocenters. The summed E-state index contributed by atoms with van der Waals surface area (Å²) < 4.78 is 5.32. The average molecular weight is 247 g/mol. The molecule has 96 valence electrons. The van der Waals surface area contributed by atoms with Gasteiger partial charge in [-0.2, -0.15) is 0 Å². The van der Waals surface area contributed by atoms with Crippen molar-refractivity contribution in [3.63, 3.8) is 0 Å². The SMILES string of the molecule is Nc1cccc2c1NC(=O)C(N1CCOCC1)C2. The van der Waals surface area contributed by atoms with Gasteiger partial charge in [0.05, 0.1) is 30.6 Å². The van der Waals surface area contributed by atoms with Gasteiger partial charge in [0.2, 0.25) is 5.91 Å². The van der Waals surface area contributed by atoms with Crippen LogP contribution in [0.3, 0.4) is 0 Å². The quantitative estimate of drug-likeness (QED) is 0.708. The van der Waals surface area contributed by atoms with Gasteiger partial charge in [-0.1, -0.05) is 12.1 Å². The van der Waals surface area contributed by atoms with Crippen LogP contribution < -0.4 is 11.1 Å². The highest BCUT2D eigenvalue weighted by Gasteiger charge is 2.32. The van der Waals surface area contributed by atoms with E-state index in [9.17, 15) is 4.79 Å². The second kappa shape index (κ2) is 4.59. The average Bonchev–Trinajstić information content (AvgIpc) is 2.40. The van der Waals surface area contributed by atoms with Crippen LogP contribution in [-0.4, -0.2) is 43.2 Å². The van der Waals surface area contributed by atoms with Crippen LogP contribution in [-0.2, 0) is 16.0 Å². The van der Waals surface area contributed by atoms with Crippen LogP contribution in [0.4, 0.5) is 11.4 Å². The number of ether oxygens (including phenoxy) is 1. The molecule has 0 saturated carbocycles. The molecule has 0 aliphatic carbocycles. The summed E-state index contributed by atoms with van der Waals surface area (Å²) in [6, 6.07) is 5.68. The van der Waals surface area contributed by atoms with E-state index in [1.165, 1.54) is 0 Å². The lowest BCUT2D eigenvalue weighted by atomic mass is 9.96. The second-order valence-corrected chi connectivity index (χ2v) is 4.74. The highest BCUT2D eigenvalue weighted by atomic mass is 16.5. The fraction of sp³-hybridized carbons (Fsp3) is 0.462. The van der Waals surface area contributed by atoms with E-state index in [0.717, 1.165) is 30.8 Å². The van der Waals surface area contributed by atoms with E-state index in [2.05, 4.69) is 10.2 Å². The molecule has 1 aromatic carbocycles. The first-order valence-electron chi connectivity index (χ1n) is 6.26. The molecular formula is C13H17N3O2. The smallest absolute Gasteiger partial charge is 0.242 e. The molecule has 1 unspecified atom stereocenters. The largest absolute Gasteiger partial charge is 0.397 e. The van der Waals surface area contributed by atoms with Crippen molar-refractivity contribution < 1.29 is 9.53 Å². The second-order valence-electron chi connectivity index (χ2n) is 4.74. The number of rotatable bonds is 1. The van der Waals surface area contributed by atoms with Gasteiger partial charge in [-0.05, 0) is 18.1 Å². The number of carbonyl (C=O) groups is 1. The number of amides is 1. The number of nitrogen functional groups attached to an aromatic ring is 1. The van der Waals surface area contributed by atoms with Crippen molar-refractivity contribution in [2.24, 2.45) is 0 Å². The van der Waals surface area contributed by atoms with Crippen molar-refractivity contribution in [2.45, 2.75) is 12.5 Å². The van der Waals surface area contributed by atoms with E-state index in [4.69, 9.17) is 10.5 Å². The van der Waals surface area contributed by atoms with Crippen molar-refractivity contribution in [1.82, 2.24) is 4.90 Å². The fourth-order valence-corrected chi connectivity index (χ4v) is 2.63. The number of carbonyl (C=O) groups excluding carboxylic acids is 1. The molecule has 1 saturated heterocycles. The van der Waals surface area contributed by atoms with E-state index < -0.39 is 0 Å². The summed E-state index contributed by atoms with van der Waals surface area (Å²) in [6.45, 7) is 3.03. The van der Waals surface area contributed by atoms with Crippen LogP contribution in [0, 0.1) is 0 Å². The Morgan fingerprint density at radius 3 is 2.89 bits per heavy atom. The number of benzene rings is 1. The molecule has 5 heteroatoms. The van der Waals surface area contributed by atoms with Crippen LogP contribution in [0.2, 0.25) is 0 Å². The minimum absolute atomic E-state index is 0.0438. The monoisotopic (exact) mass is 247 g/mol. The molecule has 3 N–H and O–H groups in total. The normalized spacial score (nSPS) is 24.4. The molecule has 0 spiro atoms. The third-order valence-corrected chi connectivity index (χ3v) is 3.63. The van der Waals surface area contributed by atoms with Gasteiger partial charge in [0.1, 0.15) is 0 Å². The Labute approximate surface area is 106 Å². The number of para-hydroxylation sites is 1. The summed E-state index contributed by atoms with van der Waals surface area (Å²) in [6.07, 6.45) is 0.728. The first kappa shape index (κ1) is 11.5. The lowest BCUT2D eigenvalue weighted by Gasteiger charge is -2.36. The predicted molar refractivity (Wildman–Crippen MR) is 69.4 cm³/mol. The lowest BCUT2D eigenvalue weighted by Crippen LogP contribution is -2.52. The van der Waals surface area contributed by atoms with Gasteiger partial charge in [0, 0.05) is 13.1 Å². The molecule has 1 aromatic rings. The summed E-state index contributed by atoms with van der Waals surface area (Å²) in [5, 5.41) is 2.93. The maximum atomic E-state index is 12.2. The lowest BCUT2D eigenvalue weighted by molar-refractivity contribution is -0.123. The van der Waals surface area contributed by atoms with Gasteiger partial charge in [-0.25, -0.2) is 0 Å². The Hall–Kier alpha value is -1.59. The highest BCUT2D eigenvalue weighted by molar-refractivity contribution is 6.00. The maximum Gasteiger partial charge on any atom is 0.242 e. The number of nitrogens with zero attached hydrogens (tertiary/aromatic N) is 1. The van der Waals surface area contributed by atoms with E-state index in [-0.39, 0.29) is 11.9 Å². The van der Waals surface area contributed by atoms with E-state index in [0.29, 0.717) is 18.9 Å².